The Morgan fingerprint density at radius 2 is 2.13 bits per heavy atom. The predicted octanol–water partition coefficient (Wildman–Crippen LogP) is 2.12. The molecule has 0 aromatic heterocycles. The lowest BCUT2D eigenvalue weighted by Crippen LogP contribution is -2.50. The van der Waals surface area contributed by atoms with E-state index in [0.717, 1.165) is 32.1 Å². The van der Waals surface area contributed by atoms with Gasteiger partial charge >= 0.3 is 6.09 Å². The average Bonchev–Trinajstić information content (AvgIpc) is 3.09. The molecular formula is C18H23NO4. The highest BCUT2D eigenvalue weighted by atomic mass is 16.6. The van der Waals surface area contributed by atoms with Crippen LogP contribution < -0.4 is 0 Å². The lowest BCUT2D eigenvalue weighted by Gasteiger charge is -2.42. The van der Waals surface area contributed by atoms with Crippen molar-refractivity contribution in [3.05, 3.63) is 35.9 Å². The fraction of sp³-hybridized carbons (Fsp3) is 0.611. The highest BCUT2D eigenvalue weighted by molar-refractivity contribution is 5.69. The van der Waals surface area contributed by atoms with Crippen LogP contribution in [-0.4, -0.2) is 53.1 Å². The topological polar surface area (TPSA) is 59.0 Å². The molecule has 2 saturated heterocycles. The molecule has 4 rings (SSSR count). The first-order chi connectivity index (χ1) is 11.2. The van der Waals surface area contributed by atoms with E-state index in [9.17, 15) is 9.90 Å². The average molecular weight is 317 g/mol. The number of carbonyl (C=O) groups is 1. The molecular weight excluding hydrogens is 294 g/mol. The third-order valence-electron chi connectivity index (χ3n) is 5.44. The molecule has 1 amide bonds. The van der Waals surface area contributed by atoms with Crippen molar-refractivity contribution in [1.29, 1.82) is 0 Å². The molecule has 1 N–H and O–H groups in total. The second-order valence-electron chi connectivity index (χ2n) is 6.98. The van der Waals surface area contributed by atoms with Gasteiger partial charge in [0.25, 0.3) is 0 Å². The number of hydrogen-bond acceptors (Lipinski definition) is 4. The summed E-state index contributed by atoms with van der Waals surface area (Å²) in [5, 5.41) is 10.0. The van der Waals surface area contributed by atoms with Gasteiger partial charge in [-0.05, 0) is 31.2 Å². The van der Waals surface area contributed by atoms with Gasteiger partial charge in [0.05, 0.1) is 18.8 Å². The molecule has 0 spiro atoms. The van der Waals surface area contributed by atoms with Crippen LogP contribution in [0.5, 0.6) is 0 Å². The number of nitrogens with zero attached hydrogens (tertiary/aromatic N) is 1. The molecule has 0 bridgehead atoms. The van der Waals surface area contributed by atoms with Gasteiger partial charge in [0.1, 0.15) is 11.7 Å². The maximum Gasteiger partial charge on any atom is 0.410 e. The molecule has 124 valence electrons. The molecule has 3 aliphatic rings. The maximum absolute atomic E-state index is 12.7. The number of fused-ring (bicyclic) bond motifs is 1. The molecule has 5 heteroatoms. The smallest absolute Gasteiger partial charge is 0.410 e. The van der Waals surface area contributed by atoms with Crippen LogP contribution in [0.2, 0.25) is 0 Å². The zero-order chi connectivity index (χ0) is 15.9. The molecule has 2 aliphatic heterocycles. The first-order valence-corrected chi connectivity index (χ1v) is 8.50. The number of benzene rings is 1. The number of aliphatic hydroxyl groups excluding tert-OH is 1. The molecule has 1 saturated carbocycles. The van der Waals surface area contributed by atoms with Gasteiger partial charge in [0.15, 0.2) is 0 Å². The zero-order valence-electron chi connectivity index (χ0n) is 13.2. The van der Waals surface area contributed by atoms with Crippen LogP contribution in [0, 0.1) is 0 Å². The van der Waals surface area contributed by atoms with E-state index in [1.807, 2.05) is 18.2 Å². The molecule has 2 heterocycles. The first-order valence-electron chi connectivity index (χ1n) is 8.50. The second kappa shape index (κ2) is 5.80. The Hall–Kier alpha value is -1.59. The number of rotatable bonds is 3. The number of hydrogen-bond donors (Lipinski definition) is 1. The minimum Gasteiger partial charge on any atom is -0.442 e. The van der Waals surface area contributed by atoms with E-state index in [1.54, 1.807) is 4.90 Å². The van der Waals surface area contributed by atoms with E-state index in [4.69, 9.17) is 9.47 Å². The summed E-state index contributed by atoms with van der Waals surface area (Å²) in [7, 11) is 0. The van der Waals surface area contributed by atoms with E-state index in [0.29, 0.717) is 13.2 Å². The van der Waals surface area contributed by atoms with Gasteiger partial charge in [-0.2, -0.15) is 0 Å². The summed E-state index contributed by atoms with van der Waals surface area (Å²) in [6.45, 7) is 0.918. The number of amides is 1. The third kappa shape index (κ3) is 2.72. The number of aliphatic hydroxyl groups is 1. The largest absolute Gasteiger partial charge is 0.442 e. The summed E-state index contributed by atoms with van der Waals surface area (Å²) in [5.74, 6) is 0. The van der Waals surface area contributed by atoms with Crippen molar-refractivity contribution >= 4 is 6.09 Å². The van der Waals surface area contributed by atoms with Crippen molar-refractivity contribution in [3.63, 3.8) is 0 Å². The molecule has 3 fully saturated rings. The Balaban J connectivity index is 1.44. The Kier molecular flexibility index (Phi) is 3.77. The predicted molar refractivity (Wildman–Crippen MR) is 84.1 cm³/mol. The van der Waals surface area contributed by atoms with Crippen molar-refractivity contribution in [1.82, 2.24) is 4.90 Å². The summed E-state index contributed by atoms with van der Waals surface area (Å²) >= 11 is 0. The van der Waals surface area contributed by atoms with E-state index in [-0.39, 0.29) is 23.8 Å². The maximum atomic E-state index is 12.7. The number of likely N-dealkylation sites (tertiary alicyclic amines) is 1. The molecule has 1 aromatic carbocycles. The van der Waals surface area contributed by atoms with Crippen LogP contribution in [0.25, 0.3) is 0 Å². The standard InChI is InChI=1S/C18H23NO4/c20-14-12-22-15-7-10-19(16(14)15)17(21)23-18(8-4-9-18)11-13-5-2-1-3-6-13/h1-3,5-6,14-16,20H,4,7-12H2/t14-,15+,16+/m0/s1. The molecule has 23 heavy (non-hydrogen) atoms. The highest BCUT2D eigenvalue weighted by Crippen LogP contribution is 2.40. The van der Waals surface area contributed by atoms with Gasteiger partial charge in [-0.1, -0.05) is 30.3 Å². The van der Waals surface area contributed by atoms with Gasteiger partial charge in [0.2, 0.25) is 0 Å². The zero-order valence-corrected chi connectivity index (χ0v) is 13.2. The van der Waals surface area contributed by atoms with Crippen molar-refractivity contribution in [2.45, 2.75) is 56.0 Å². The van der Waals surface area contributed by atoms with E-state index in [1.165, 1.54) is 5.56 Å². The minimum atomic E-state index is -0.596. The molecule has 1 aromatic rings. The molecule has 1 aliphatic carbocycles. The van der Waals surface area contributed by atoms with Gasteiger partial charge in [-0.15, -0.1) is 0 Å². The van der Waals surface area contributed by atoms with Gasteiger partial charge < -0.3 is 14.6 Å². The number of ether oxygens (including phenoxy) is 2. The lowest BCUT2D eigenvalue weighted by atomic mass is 9.76. The van der Waals surface area contributed by atoms with Crippen LogP contribution in [0.15, 0.2) is 30.3 Å². The Bertz CT molecular complexity index is 572. The summed E-state index contributed by atoms with van der Waals surface area (Å²) in [5.41, 5.74) is 0.824. The van der Waals surface area contributed by atoms with Gasteiger partial charge in [0, 0.05) is 13.0 Å². The first kappa shape index (κ1) is 15.0. The van der Waals surface area contributed by atoms with Crippen molar-refractivity contribution in [2.75, 3.05) is 13.2 Å². The van der Waals surface area contributed by atoms with Crippen molar-refractivity contribution < 1.29 is 19.4 Å². The normalized spacial score (nSPS) is 31.5. The Labute approximate surface area is 136 Å². The summed E-state index contributed by atoms with van der Waals surface area (Å²) in [4.78, 5) is 14.3. The van der Waals surface area contributed by atoms with Crippen LogP contribution in [0.4, 0.5) is 4.79 Å². The van der Waals surface area contributed by atoms with Crippen LogP contribution >= 0.6 is 0 Å². The summed E-state index contributed by atoms with van der Waals surface area (Å²) < 4.78 is 11.5. The summed E-state index contributed by atoms with van der Waals surface area (Å²) in [6, 6.07) is 9.94. The van der Waals surface area contributed by atoms with Crippen LogP contribution in [-0.2, 0) is 15.9 Å². The van der Waals surface area contributed by atoms with E-state index < -0.39 is 6.10 Å². The van der Waals surface area contributed by atoms with Crippen molar-refractivity contribution in [2.24, 2.45) is 0 Å². The minimum absolute atomic E-state index is 0.0380. The number of carbonyl (C=O) groups excluding carboxylic acids is 1. The fourth-order valence-electron chi connectivity index (χ4n) is 4.06. The lowest BCUT2D eigenvalue weighted by molar-refractivity contribution is -0.0656. The Morgan fingerprint density at radius 1 is 1.35 bits per heavy atom. The quantitative estimate of drug-likeness (QED) is 0.928. The molecule has 0 unspecified atom stereocenters. The van der Waals surface area contributed by atoms with Gasteiger partial charge in [-0.3, -0.25) is 4.90 Å². The molecule has 5 nitrogen and oxygen atoms in total. The SMILES string of the molecule is O=C(OC1(Cc2ccccc2)CCC1)N1CC[C@H]2OC[C@H](O)[C@H]21. The second-order valence-corrected chi connectivity index (χ2v) is 6.98. The van der Waals surface area contributed by atoms with E-state index in [2.05, 4.69) is 12.1 Å². The van der Waals surface area contributed by atoms with E-state index >= 15 is 0 Å². The fourth-order valence-corrected chi connectivity index (χ4v) is 4.06. The molecule has 3 atom stereocenters. The van der Waals surface area contributed by atoms with Crippen LogP contribution in [0.1, 0.15) is 31.2 Å². The van der Waals surface area contributed by atoms with Crippen LogP contribution in [0.3, 0.4) is 0 Å². The Morgan fingerprint density at radius 3 is 2.83 bits per heavy atom. The summed E-state index contributed by atoms with van der Waals surface area (Å²) in [6.07, 6.45) is 3.53. The van der Waals surface area contributed by atoms with Crippen molar-refractivity contribution in [3.8, 4) is 0 Å². The monoisotopic (exact) mass is 317 g/mol. The highest BCUT2D eigenvalue weighted by Gasteiger charge is 2.49. The third-order valence-corrected chi connectivity index (χ3v) is 5.44. The van der Waals surface area contributed by atoms with Gasteiger partial charge in [-0.25, -0.2) is 4.79 Å². The molecule has 0 radical (unpaired) electrons.